The summed E-state index contributed by atoms with van der Waals surface area (Å²) in [5.74, 6) is -0.170. The van der Waals surface area contributed by atoms with Crippen molar-refractivity contribution in [1.82, 2.24) is 10.6 Å². The van der Waals surface area contributed by atoms with Crippen LogP contribution in [0.3, 0.4) is 0 Å². The fourth-order valence-electron chi connectivity index (χ4n) is 8.86. The van der Waals surface area contributed by atoms with Gasteiger partial charge in [0, 0.05) is 62.8 Å². The normalized spacial score (nSPS) is 40.0. The maximum Gasteiger partial charge on any atom is 0.223 e. The molecule has 6 aliphatic rings. The highest BCUT2D eigenvalue weighted by molar-refractivity contribution is 5.96. The van der Waals surface area contributed by atoms with Crippen molar-refractivity contribution < 1.29 is 38.1 Å². The van der Waals surface area contributed by atoms with Crippen LogP contribution in [-0.4, -0.2) is 85.3 Å². The van der Waals surface area contributed by atoms with Gasteiger partial charge in [-0.15, -0.1) is 0 Å². The highest BCUT2D eigenvalue weighted by atomic mass is 16.6. The Kier molecular flexibility index (Phi) is 10.4. The monoisotopic (exact) mass is 654 g/mol. The average Bonchev–Trinajstić information content (AvgIpc) is 3.62. The van der Waals surface area contributed by atoms with Gasteiger partial charge in [-0.1, -0.05) is 32.4 Å². The van der Waals surface area contributed by atoms with Crippen LogP contribution in [0.25, 0.3) is 0 Å². The third-order valence-electron chi connectivity index (χ3n) is 12.1. The second-order valence-corrected chi connectivity index (χ2v) is 15.2. The Morgan fingerprint density at radius 3 is 1.51 bits per heavy atom. The fourth-order valence-corrected chi connectivity index (χ4v) is 8.86. The van der Waals surface area contributed by atoms with Gasteiger partial charge >= 0.3 is 0 Å². The molecule has 47 heavy (non-hydrogen) atoms. The first-order valence-corrected chi connectivity index (χ1v) is 18.1. The number of fused-ring (bicyclic) bond motifs is 6. The summed E-state index contributed by atoms with van der Waals surface area (Å²) in [5, 5.41) is 6.33. The van der Waals surface area contributed by atoms with E-state index in [0.717, 1.165) is 44.9 Å². The lowest BCUT2D eigenvalue weighted by molar-refractivity contribution is -0.129. The first-order chi connectivity index (χ1) is 22.5. The molecular weight excluding hydrogens is 600 g/mol. The van der Waals surface area contributed by atoms with Crippen LogP contribution in [0.15, 0.2) is 24.3 Å². The number of unbranched alkanes of at least 4 members (excludes halogenated alkanes) is 4. The molecule has 2 amide bonds. The molecule has 4 saturated heterocycles. The number of hydrogen-bond donors (Lipinski definition) is 2. The third kappa shape index (κ3) is 7.31. The number of allylic oxidation sites excluding steroid dienone is 2. The highest BCUT2D eigenvalue weighted by Gasteiger charge is 2.64. The zero-order valence-electron chi connectivity index (χ0n) is 28.3. The van der Waals surface area contributed by atoms with Gasteiger partial charge in [0.1, 0.15) is 11.2 Å². The van der Waals surface area contributed by atoms with Crippen LogP contribution in [0.1, 0.15) is 97.3 Å². The summed E-state index contributed by atoms with van der Waals surface area (Å²) in [6.07, 6.45) is 8.73. The lowest BCUT2D eigenvalue weighted by atomic mass is 9.76. The van der Waals surface area contributed by atoms with Crippen LogP contribution >= 0.6 is 0 Å². The molecule has 0 aromatic rings. The molecule has 0 unspecified atom stereocenters. The highest BCUT2D eigenvalue weighted by Crippen LogP contribution is 2.52. The number of nitrogens with one attached hydrogen (secondary N) is 2. The molecule has 10 atom stereocenters. The first-order valence-electron chi connectivity index (χ1n) is 18.1. The summed E-state index contributed by atoms with van der Waals surface area (Å²) in [4.78, 5) is 52.0. The van der Waals surface area contributed by atoms with E-state index in [9.17, 15) is 19.2 Å². The van der Waals surface area contributed by atoms with E-state index in [1.165, 1.54) is 0 Å². The van der Waals surface area contributed by atoms with Crippen LogP contribution in [0.4, 0.5) is 0 Å². The molecule has 0 radical (unpaired) electrons. The Hall–Kier alpha value is -2.40. The molecule has 4 aliphatic heterocycles. The number of ketones is 2. The van der Waals surface area contributed by atoms with Crippen molar-refractivity contribution in [2.45, 2.75) is 133 Å². The minimum Gasteiger partial charge on any atom is -0.375 e. The van der Waals surface area contributed by atoms with Crippen molar-refractivity contribution in [1.29, 1.82) is 0 Å². The fraction of sp³-hybridized carbons (Fsp3) is 0.784. The molecule has 0 aromatic heterocycles. The molecule has 0 bridgehead atoms. The van der Waals surface area contributed by atoms with Crippen LogP contribution < -0.4 is 10.6 Å². The minimum absolute atomic E-state index is 0.0290. The molecule has 0 aromatic carbocycles. The number of carbonyl (C=O) groups is 4. The smallest absolute Gasteiger partial charge is 0.223 e. The number of hydrogen-bond acceptors (Lipinski definition) is 8. The largest absolute Gasteiger partial charge is 0.375 e. The van der Waals surface area contributed by atoms with Gasteiger partial charge in [-0.25, -0.2) is 0 Å². The molecule has 2 saturated carbocycles. The summed E-state index contributed by atoms with van der Waals surface area (Å²) in [6, 6.07) is 0. The van der Waals surface area contributed by atoms with Gasteiger partial charge in [-0.3, -0.25) is 19.2 Å². The quantitative estimate of drug-likeness (QED) is 0.204. The van der Waals surface area contributed by atoms with Crippen LogP contribution in [-0.2, 0) is 38.1 Å². The second kappa shape index (κ2) is 14.2. The van der Waals surface area contributed by atoms with Crippen molar-refractivity contribution >= 4 is 23.4 Å². The Morgan fingerprint density at radius 2 is 1.09 bits per heavy atom. The zero-order valence-corrected chi connectivity index (χ0v) is 28.3. The SMILES string of the molecule is C=C1CC[C@H](C(=O)NCCCCCCCNC(=O)[C@H]2CCC(=C)C(=O)C[C@@H]3O[C@]3(C)[C@H]3OCC[C@@H]23)[C@@H]2CCO[C@@H]2[C@@]2(C)O[C@H]2CC1=O. The maximum absolute atomic E-state index is 13.4. The molecule has 2 aliphatic carbocycles. The summed E-state index contributed by atoms with van der Waals surface area (Å²) in [7, 11) is 0. The molecule has 6 rings (SSSR count). The van der Waals surface area contributed by atoms with Crippen LogP contribution in [0, 0.1) is 23.7 Å². The Bertz CT molecular complexity index is 1170. The molecular formula is C37H54N2O8. The van der Waals surface area contributed by atoms with Crippen molar-refractivity contribution in [3.63, 3.8) is 0 Å². The summed E-state index contributed by atoms with van der Waals surface area (Å²) in [6.45, 7) is 14.5. The van der Waals surface area contributed by atoms with Crippen molar-refractivity contribution in [3.05, 3.63) is 24.3 Å². The zero-order chi connectivity index (χ0) is 33.3. The van der Waals surface area contributed by atoms with Gasteiger partial charge in [0.15, 0.2) is 11.6 Å². The van der Waals surface area contributed by atoms with Crippen molar-refractivity contribution in [2.75, 3.05) is 26.3 Å². The van der Waals surface area contributed by atoms with E-state index in [1.807, 2.05) is 13.8 Å². The molecule has 10 nitrogen and oxygen atoms in total. The van der Waals surface area contributed by atoms with Gasteiger partial charge < -0.3 is 29.6 Å². The molecule has 2 N–H and O–H groups in total. The number of epoxide rings is 2. The number of amides is 2. The number of carbonyl (C=O) groups excluding carboxylic acids is 4. The summed E-state index contributed by atoms with van der Waals surface area (Å²) >= 11 is 0. The number of rotatable bonds is 10. The lowest BCUT2D eigenvalue weighted by Gasteiger charge is -2.30. The maximum atomic E-state index is 13.4. The minimum atomic E-state index is -0.503. The molecule has 0 spiro atoms. The van der Waals surface area contributed by atoms with Gasteiger partial charge in [0.05, 0.1) is 24.4 Å². The summed E-state index contributed by atoms with van der Waals surface area (Å²) < 4.78 is 24.1. The van der Waals surface area contributed by atoms with Gasteiger partial charge in [-0.05, 0) is 76.4 Å². The molecule has 4 heterocycles. The Balaban J connectivity index is 0.900. The van der Waals surface area contributed by atoms with E-state index >= 15 is 0 Å². The topological polar surface area (TPSA) is 136 Å². The standard InChI is InChI=1S/C37H54N2O8/c1-22-10-12-26(24-14-18-44-32(24)36(3)30(46-36)20-28(22)40)34(42)38-16-8-6-5-7-9-17-39-35(43)27-13-11-23(2)29(41)21-31-37(4,47-31)33-25(27)15-19-45-33/h24-27,30-33H,1-2,5-21H2,3-4H3,(H,38,42)(H,39,43)/t24-,25-,26-,27-,30-,31-,32-,33-,36-,37-/m0/s1. The van der Waals surface area contributed by atoms with Gasteiger partial charge in [0.25, 0.3) is 0 Å². The van der Waals surface area contributed by atoms with E-state index in [1.54, 1.807) is 0 Å². The number of ether oxygens (including phenoxy) is 4. The van der Waals surface area contributed by atoms with E-state index in [0.29, 0.717) is 76.0 Å². The van der Waals surface area contributed by atoms with E-state index in [2.05, 4.69) is 23.8 Å². The summed E-state index contributed by atoms with van der Waals surface area (Å²) in [5.41, 5.74) is 0.168. The van der Waals surface area contributed by atoms with E-state index in [4.69, 9.17) is 18.9 Å². The van der Waals surface area contributed by atoms with Crippen LogP contribution in [0.2, 0.25) is 0 Å². The Morgan fingerprint density at radius 1 is 0.681 bits per heavy atom. The second-order valence-electron chi connectivity index (χ2n) is 15.2. The average molecular weight is 655 g/mol. The predicted molar refractivity (Wildman–Crippen MR) is 174 cm³/mol. The van der Waals surface area contributed by atoms with Gasteiger partial charge in [0.2, 0.25) is 11.8 Å². The first kappa shape index (κ1) is 34.5. The predicted octanol–water partition coefficient (Wildman–Crippen LogP) is 4.15. The van der Waals surface area contributed by atoms with E-state index in [-0.39, 0.29) is 71.5 Å². The lowest BCUT2D eigenvalue weighted by Crippen LogP contribution is -2.44. The molecule has 260 valence electrons. The van der Waals surface area contributed by atoms with Gasteiger partial charge in [-0.2, -0.15) is 0 Å². The van der Waals surface area contributed by atoms with Crippen molar-refractivity contribution in [3.8, 4) is 0 Å². The molecule has 6 fully saturated rings. The van der Waals surface area contributed by atoms with E-state index < -0.39 is 11.2 Å². The number of Topliss-reactive ketones (excluding diaryl/α,β-unsaturated/α-hetero) is 2. The molecule has 10 heteroatoms. The van der Waals surface area contributed by atoms with Crippen LogP contribution in [0.5, 0.6) is 0 Å². The Labute approximate surface area is 279 Å². The van der Waals surface area contributed by atoms with Crippen molar-refractivity contribution in [2.24, 2.45) is 23.7 Å². The third-order valence-corrected chi connectivity index (χ3v) is 12.1.